The van der Waals surface area contributed by atoms with Gasteiger partial charge in [-0.2, -0.15) is 0 Å². The molecule has 0 aliphatic carbocycles. The highest BCUT2D eigenvalue weighted by Gasteiger charge is 2.18. The number of rotatable bonds is 3. The molecule has 0 atom stereocenters. The predicted molar refractivity (Wildman–Crippen MR) is 77.8 cm³/mol. The first-order chi connectivity index (χ1) is 9.13. The van der Waals surface area contributed by atoms with Crippen molar-refractivity contribution in [2.45, 2.75) is 0 Å². The molecule has 0 bridgehead atoms. The van der Waals surface area contributed by atoms with E-state index < -0.39 is 5.91 Å². The Morgan fingerprint density at radius 2 is 2.00 bits per heavy atom. The summed E-state index contributed by atoms with van der Waals surface area (Å²) in [5.74, 6) is -0.326. The largest absolute Gasteiger partial charge is 0.494 e. The van der Waals surface area contributed by atoms with Crippen molar-refractivity contribution in [3.8, 4) is 5.75 Å². The quantitative estimate of drug-likeness (QED) is 0.826. The van der Waals surface area contributed by atoms with Gasteiger partial charge in [-0.05, 0) is 27.4 Å². The summed E-state index contributed by atoms with van der Waals surface area (Å²) in [7, 11) is 1.48. The van der Waals surface area contributed by atoms with Gasteiger partial charge in [-0.1, -0.05) is 6.07 Å². The van der Waals surface area contributed by atoms with Crippen molar-refractivity contribution in [2.24, 2.45) is 0 Å². The number of hydrogen-bond acceptors (Lipinski definition) is 5. The molecule has 2 aromatic rings. The first kappa shape index (κ1) is 14.0. The lowest BCUT2D eigenvalue weighted by atomic mass is 10.3. The fraction of sp³-hybridized carbons (Fsp3) is 0.0909. The van der Waals surface area contributed by atoms with Crippen molar-refractivity contribution in [3.63, 3.8) is 0 Å². The van der Waals surface area contributed by atoms with E-state index in [0.29, 0.717) is 16.2 Å². The number of halogens is 1. The third-order valence-corrected chi connectivity index (χ3v) is 4.72. The summed E-state index contributed by atoms with van der Waals surface area (Å²) in [6.45, 7) is 0. The van der Waals surface area contributed by atoms with Crippen LogP contribution < -0.4 is 15.6 Å². The zero-order valence-electron chi connectivity index (χ0n) is 9.73. The van der Waals surface area contributed by atoms with Crippen molar-refractivity contribution in [1.29, 1.82) is 0 Å². The average Bonchev–Trinajstić information content (AvgIpc) is 3.04. The molecule has 0 aromatic carbocycles. The highest BCUT2D eigenvalue weighted by Crippen LogP contribution is 2.35. The summed E-state index contributed by atoms with van der Waals surface area (Å²) in [4.78, 5) is 24.1. The Balaban J connectivity index is 2.00. The van der Waals surface area contributed by atoms with Gasteiger partial charge in [0.15, 0.2) is 5.75 Å². The van der Waals surface area contributed by atoms with Crippen molar-refractivity contribution >= 4 is 50.4 Å². The fourth-order valence-corrected chi connectivity index (χ4v) is 3.33. The number of hydrogen-bond donors (Lipinski definition) is 2. The fourth-order valence-electron chi connectivity index (χ4n) is 1.32. The van der Waals surface area contributed by atoms with Gasteiger partial charge in [0.05, 0.1) is 17.6 Å². The highest BCUT2D eigenvalue weighted by atomic mass is 79.9. The molecule has 100 valence electrons. The summed E-state index contributed by atoms with van der Waals surface area (Å²) < 4.78 is 5.83. The summed E-state index contributed by atoms with van der Waals surface area (Å²) in [5, 5.41) is 3.44. The summed E-state index contributed by atoms with van der Waals surface area (Å²) in [6, 6.07) is 3.44. The van der Waals surface area contributed by atoms with Crippen LogP contribution in [0, 0.1) is 0 Å². The van der Waals surface area contributed by atoms with E-state index in [4.69, 9.17) is 4.74 Å². The van der Waals surface area contributed by atoms with Crippen LogP contribution in [0.25, 0.3) is 0 Å². The van der Waals surface area contributed by atoms with Crippen LogP contribution in [0.4, 0.5) is 0 Å². The van der Waals surface area contributed by atoms with Gasteiger partial charge in [0.2, 0.25) is 0 Å². The zero-order chi connectivity index (χ0) is 13.8. The standard InChI is InChI=1S/C11H9BrN2O3S2/c1-17-8-6(5-19-9(8)12)10(15)13-14-11(16)7-3-2-4-18-7/h2-5H,1H3,(H,13,15)(H,14,16). The second kappa shape index (κ2) is 6.18. The number of nitrogens with one attached hydrogen (secondary N) is 2. The maximum absolute atomic E-state index is 11.9. The number of carbonyl (C=O) groups is 2. The summed E-state index contributed by atoms with van der Waals surface area (Å²) in [5.41, 5.74) is 5.07. The Morgan fingerprint density at radius 3 is 2.63 bits per heavy atom. The van der Waals surface area contributed by atoms with Crippen LogP contribution in [0.2, 0.25) is 0 Å². The number of methoxy groups -OCH3 is 1. The molecule has 0 saturated carbocycles. The third-order valence-electron chi connectivity index (χ3n) is 2.19. The molecule has 0 fully saturated rings. The molecule has 0 spiro atoms. The van der Waals surface area contributed by atoms with E-state index in [1.807, 2.05) is 0 Å². The average molecular weight is 361 g/mol. The molecule has 2 rings (SSSR count). The number of hydrazine groups is 1. The molecule has 0 unspecified atom stereocenters. The van der Waals surface area contributed by atoms with Crippen LogP contribution in [0.3, 0.4) is 0 Å². The van der Waals surface area contributed by atoms with E-state index in [-0.39, 0.29) is 5.91 Å². The topological polar surface area (TPSA) is 67.4 Å². The van der Waals surface area contributed by atoms with E-state index >= 15 is 0 Å². The van der Waals surface area contributed by atoms with E-state index in [2.05, 4.69) is 26.8 Å². The SMILES string of the molecule is COc1c(C(=O)NNC(=O)c2cccs2)csc1Br. The molecule has 2 amide bonds. The van der Waals surface area contributed by atoms with Gasteiger partial charge >= 0.3 is 0 Å². The summed E-state index contributed by atoms with van der Waals surface area (Å²) >= 11 is 5.92. The van der Waals surface area contributed by atoms with Gasteiger partial charge in [-0.15, -0.1) is 22.7 Å². The summed E-state index contributed by atoms with van der Waals surface area (Å²) in [6.07, 6.45) is 0. The molecule has 8 heteroatoms. The lowest BCUT2D eigenvalue weighted by Gasteiger charge is -2.06. The monoisotopic (exact) mass is 360 g/mol. The third kappa shape index (κ3) is 3.14. The van der Waals surface area contributed by atoms with E-state index in [9.17, 15) is 9.59 Å². The minimum Gasteiger partial charge on any atom is -0.494 e. The maximum Gasteiger partial charge on any atom is 0.279 e. The maximum atomic E-state index is 11.9. The molecule has 0 aliphatic heterocycles. The lowest BCUT2D eigenvalue weighted by molar-refractivity contribution is 0.0847. The van der Waals surface area contributed by atoms with E-state index in [0.717, 1.165) is 3.79 Å². The number of amides is 2. The normalized spacial score (nSPS) is 10.0. The predicted octanol–water partition coefficient (Wildman–Crippen LogP) is 2.66. The van der Waals surface area contributed by atoms with Gasteiger partial charge in [0.1, 0.15) is 3.79 Å². The smallest absolute Gasteiger partial charge is 0.279 e. The first-order valence-electron chi connectivity index (χ1n) is 5.08. The van der Waals surface area contributed by atoms with Gasteiger partial charge in [0, 0.05) is 5.38 Å². The van der Waals surface area contributed by atoms with Gasteiger partial charge in [0.25, 0.3) is 11.8 Å². The van der Waals surface area contributed by atoms with Crippen molar-refractivity contribution in [3.05, 3.63) is 37.1 Å². The van der Waals surface area contributed by atoms with Crippen LogP contribution in [0.5, 0.6) is 5.75 Å². The molecule has 19 heavy (non-hydrogen) atoms. The van der Waals surface area contributed by atoms with Gasteiger partial charge < -0.3 is 4.74 Å². The molecule has 2 heterocycles. The highest BCUT2D eigenvalue weighted by molar-refractivity contribution is 9.11. The number of thiophene rings is 2. The van der Waals surface area contributed by atoms with Crippen LogP contribution >= 0.6 is 38.6 Å². The lowest BCUT2D eigenvalue weighted by Crippen LogP contribution is -2.41. The second-order valence-electron chi connectivity index (χ2n) is 3.34. The van der Waals surface area contributed by atoms with Crippen LogP contribution in [0.1, 0.15) is 20.0 Å². The van der Waals surface area contributed by atoms with Crippen molar-refractivity contribution in [1.82, 2.24) is 10.9 Å². The molecule has 2 N–H and O–H groups in total. The Labute approximate surface area is 125 Å². The Kier molecular flexibility index (Phi) is 4.56. The molecule has 0 radical (unpaired) electrons. The Bertz CT molecular complexity index is 595. The van der Waals surface area contributed by atoms with Gasteiger partial charge in [-0.25, -0.2) is 0 Å². The van der Waals surface area contributed by atoms with Crippen molar-refractivity contribution in [2.75, 3.05) is 7.11 Å². The number of ether oxygens (including phenoxy) is 1. The Hall–Kier alpha value is -1.38. The molecule has 2 aromatic heterocycles. The molecule has 5 nitrogen and oxygen atoms in total. The number of carbonyl (C=O) groups excluding carboxylic acids is 2. The minimum absolute atomic E-state index is 0.350. The van der Waals surface area contributed by atoms with Crippen LogP contribution in [-0.2, 0) is 0 Å². The molecule has 0 aliphatic rings. The zero-order valence-corrected chi connectivity index (χ0v) is 12.9. The van der Waals surface area contributed by atoms with E-state index in [1.165, 1.54) is 29.8 Å². The second-order valence-corrected chi connectivity index (χ2v) is 6.49. The van der Waals surface area contributed by atoms with Crippen LogP contribution in [0.15, 0.2) is 26.7 Å². The molecular formula is C11H9BrN2O3S2. The van der Waals surface area contributed by atoms with Crippen LogP contribution in [-0.4, -0.2) is 18.9 Å². The molecule has 0 saturated heterocycles. The minimum atomic E-state index is -0.427. The van der Waals surface area contributed by atoms with Crippen molar-refractivity contribution < 1.29 is 14.3 Å². The van der Waals surface area contributed by atoms with Gasteiger partial charge in [-0.3, -0.25) is 20.4 Å². The molecular weight excluding hydrogens is 352 g/mol. The first-order valence-corrected chi connectivity index (χ1v) is 7.64. The Morgan fingerprint density at radius 1 is 1.26 bits per heavy atom. The van der Waals surface area contributed by atoms with E-state index in [1.54, 1.807) is 22.9 Å².